The molecule has 0 atom stereocenters. The molecular weight excluding hydrogens is 300 g/mol. The maximum Gasteiger partial charge on any atom is 0.395 e. The highest BCUT2D eigenvalue weighted by Crippen LogP contribution is 2.15. The molecule has 0 aliphatic carbocycles. The molecule has 9 heteroatoms. The van der Waals surface area contributed by atoms with E-state index in [4.69, 9.17) is 9.84 Å². The van der Waals surface area contributed by atoms with Crippen LogP contribution in [0.15, 0.2) is 29.2 Å². The first-order valence-electron chi connectivity index (χ1n) is 5.54. The van der Waals surface area contributed by atoms with Gasteiger partial charge in [0.05, 0.1) is 4.90 Å². The molecule has 0 spiro atoms. The number of carboxylic acids is 1. The second-order valence-electron chi connectivity index (χ2n) is 3.55. The second kappa shape index (κ2) is 7.28. The van der Waals surface area contributed by atoms with Crippen LogP contribution in [0.1, 0.15) is 6.92 Å². The third kappa shape index (κ3) is 5.13. The Kier molecular flexibility index (Phi) is 5.71. The summed E-state index contributed by atoms with van der Waals surface area (Å²) >= 11 is 0. The summed E-state index contributed by atoms with van der Waals surface area (Å²) in [6.07, 6.45) is 0. The molecule has 0 heterocycles. The minimum absolute atomic E-state index is 0.165. The quantitative estimate of drug-likeness (QED) is 0.382. The van der Waals surface area contributed by atoms with E-state index in [2.05, 4.69) is 11.8 Å². The molecule has 1 aromatic rings. The number of nitrogens with one attached hydrogen (secondary N) is 2. The summed E-state index contributed by atoms with van der Waals surface area (Å²) in [7, 11) is -4.06. The second-order valence-corrected chi connectivity index (χ2v) is 5.23. The van der Waals surface area contributed by atoms with Gasteiger partial charge in [-0.15, -0.1) is 10.8 Å². The van der Waals surface area contributed by atoms with Gasteiger partial charge in [0.15, 0.2) is 0 Å². The Hall–Kier alpha value is -2.57. The van der Waals surface area contributed by atoms with Gasteiger partial charge in [-0.3, -0.25) is 10.2 Å². The summed E-state index contributed by atoms with van der Waals surface area (Å²) < 4.78 is 28.7. The van der Waals surface area contributed by atoms with Crippen LogP contribution in [0, 0.1) is 11.8 Å². The maximum atomic E-state index is 11.7. The Balaban J connectivity index is 2.72. The van der Waals surface area contributed by atoms with Crippen LogP contribution in [-0.4, -0.2) is 32.0 Å². The van der Waals surface area contributed by atoms with Crippen LogP contribution in [0.4, 0.5) is 0 Å². The third-order valence-electron chi connectivity index (χ3n) is 2.11. The van der Waals surface area contributed by atoms with Crippen molar-refractivity contribution in [1.29, 1.82) is 0 Å². The smallest absolute Gasteiger partial charge is 0.395 e. The van der Waals surface area contributed by atoms with E-state index in [0.717, 1.165) is 0 Å². The average Bonchev–Trinajstić information content (AvgIpc) is 2.45. The van der Waals surface area contributed by atoms with Gasteiger partial charge in [-0.25, -0.2) is 13.2 Å². The first-order valence-corrected chi connectivity index (χ1v) is 7.02. The lowest BCUT2D eigenvalue weighted by molar-refractivity contribution is -0.150. The van der Waals surface area contributed by atoms with Gasteiger partial charge in [-0.05, 0) is 31.2 Å². The van der Waals surface area contributed by atoms with Crippen molar-refractivity contribution in [3.05, 3.63) is 24.3 Å². The molecule has 1 amide bonds. The number of amides is 1. The number of hydrogen-bond acceptors (Lipinski definition) is 5. The van der Waals surface area contributed by atoms with Gasteiger partial charge in [-0.1, -0.05) is 5.92 Å². The van der Waals surface area contributed by atoms with Crippen LogP contribution in [0.25, 0.3) is 0 Å². The number of carbonyl (C=O) groups is 2. The van der Waals surface area contributed by atoms with Gasteiger partial charge >= 0.3 is 11.9 Å². The molecular formula is C12H12N2O6S. The molecule has 1 rings (SSSR count). The van der Waals surface area contributed by atoms with Crippen molar-refractivity contribution >= 4 is 21.9 Å². The number of hydrogen-bond donors (Lipinski definition) is 3. The molecule has 8 nitrogen and oxygen atoms in total. The molecule has 0 bridgehead atoms. The third-order valence-corrected chi connectivity index (χ3v) is 3.38. The predicted molar refractivity (Wildman–Crippen MR) is 71.5 cm³/mol. The molecule has 3 N–H and O–H groups in total. The van der Waals surface area contributed by atoms with Gasteiger partial charge in [-0.2, -0.15) is 0 Å². The highest BCUT2D eigenvalue weighted by Gasteiger charge is 2.17. The van der Waals surface area contributed by atoms with Crippen molar-refractivity contribution in [3.63, 3.8) is 0 Å². The monoisotopic (exact) mass is 312 g/mol. The Bertz CT molecular complexity index is 685. The molecule has 1 aromatic carbocycles. The van der Waals surface area contributed by atoms with E-state index in [1.54, 1.807) is 17.2 Å². The van der Waals surface area contributed by atoms with Crippen molar-refractivity contribution in [1.82, 2.24) is 10.3 Å². The Morgan fingerprint density at radius 2 is 1.90 bits per heavy atom. The van der Waals surface area contributed by atoms with E-state index in [0.29, 0.717) is 5.75 Å². The topological polar surface area (TPSA) is 122 Å². The molecule has 0 aromatic heterocycles. The van der Waals surface area contributed by atoms with E-state index in [1.807, 2.05) is 0 Å². The number of carbonyl (C=O) groups excluding carboxylic acids is 1. The highest BCUT2D eigenvalue weighted by molar-refractivity contribution is 7.89. The summed E-state index contributed by atoms with van der Waals surface area (Å²) in [6.45, 7) is 1.84. The van der Waals surface area contributed by atoms with Gasteiger partial charge in [0.25, 0.3) is 10.0 Å². The zero-order valence-corrected chi connectivity index (χ0v) is 11.7. The Morgan fingerprint density at radius 3 is 2.43 bits per heavy atom. The van der Waals surface area contributed by atoms with Crippen LogP contribution in [-0.2, 0) is 19.6 Å². The minimum atomic E-state index is -4.06. The summed E-state index contributed by atoms with van der Waals surface area (Å²) in [4.78, 5) is 22.5. The summed E-state index contributed by atoms with van der Waals surface area (Å²) in [5, 5.41) is 8.31. The molecule has 21 heavy (non-hydrogen) atoms. The summed E-state index contributed by atoms with van der Waals surface area (Å²) in [5.74, 6) is 2.45. The van der Waals surface area contributed by atoms with Crippen molar-refractivity contribution in [2.45, 2.75) is 11.8 Å². The number of sulfonamides is 1. The van der Waals surface area contributed by atoms with Crippen molar-refractivity contribution in [2.75, 3.05) is 6.61 Å². The standard InChI is InChI=1S/C12H12N2O6S/c1-2-3-8-20-9-4-6-10(7-5-9)21(18,19)14-13-11(15)12(16)17/h4-7,14H,8H2,1H3,(H,13,15)(H,16,17). The SMILES string of the molecule is CC#CCOc1ccc(S(=O)(=O)NNC(=O)C(=O)O)cc1. The average molecular weight is 312 g/mol. The van der Waals surface area contributed by atoms with Crippen molar-refractivity contribution in [2.24, 2.45) is 0 Å². The molecule has 0 fully saturated rings. The first kappa shape index (κ1) is 16.5. The molecule has 0 radical (unpaired) electrons. The lowest BCUT2D eigenvalue weighted by atomic mass is 10.3. The number of rotatable bonds is 5. The number of benzene rings is 1. The molecule has 112 valence electrons. The van der Waals surface area contributed by atoms with Crippen LogP contribution < -0.4 is 15.0 Å². The number of aliphatic carboxylic acids is 1. The molecule has 0 saturated carbocycles. The molecule has 0 aliphatic rings. The summed E-state index contributed by atoms with van der Waals surface area (Å²) in [6, 6.07) is 5.30. The number of ether oxygens (including phenoxy) is 1. The fourth-order valence-corrected chi connectivity index (χ4v) is 1.97. The van der Waals surface area contributed by atoms with E-state index in [1.165, 1.54) is 24.3 Å². The van der Waals surface area contributed by atoms with Crippen LogP contribution in [0.2, 0.25) is 0 Å². The van der Waals surface area contributed by atoms with Gasteiger partial charge < -0.3 is 9.84 Å². The fraction of sp³-hybridized carbons (Fsp3) is 0.167. The zero-order chi connectivity index (χ0) is 15.9. The number of carboxylic acid groups (broad SMARTS) is 1. The number of hydrazine groups is 1. The minimum Gasteiger partial charge on any atom is -0.481 e. The van der Waals surface area contributed by atoms with E-state index >= 15 is 0 Å². The molecule has 0 unspecified atom stereocenters. The lowest BCUT2D eigenvalue weighted by Crippen LogP contribution is -2.44. The largest absolute Gasteiger partial charge is 0.481 e. The Morgan fingerprint density at radius 1 is 1.29 bits per heavy atom. The van der Waals surface area contributed by atoms with Gasteiger partial charge in [0.1, 0.15) is 12.4 Å². The Labute approximate surface area is 121 Å². The fourth-order valence-electron chi connectivity index (χ4n) is 1.13. The first-order chi connectivity index (χ1) is 9.86. The van der Waals surface area contributed by atoms with Crippen LogP contribution in [0.5, 0.6) is 5.75 Å². The van der Waals surface area contributed by atoms with Crippen molar-refractivity contribution in [3.8, 4) is 17.6 Å². The van der Waals surface area contributed by atoms with Crippen molar-refractivity contribution < 1.29 is 27.9 Å². The van der Waals surface area contributed by atoms with Crippen LogP contribution >= 0.6 is 0 Å². The summed E-state index contributed by atoms with van der Waals surface area (Å²) in [5.41, 5.74) is 1.55. The maximum absolute atomic E-state index is 11.7. The lowest BCUT2D eigenvalue weighted by Gasteiger charge is -2.07. The van der Waals surface area contributed by atoms with Crippen LogP contribution in [0.3, 0.4) is 0 Å². The van der Waals surface area contributed by atoms with E-state index in [9.17, 15) is 18.0 Å². The zero-order valence-electron chi connectivity index (χ0n) is 10.9. The molecule has 0 aliphatic heterocycles. The predicted octanol–water partition coefficient (Wildman–Crippen LogP) is -0.517. The molecule has 0 saturated heterocycles. The van der Waals surface area contributed by atoms with E-state index < -0.39 is 21.9 Å². The normalized spacial score (nSPS) is 10.1. The van der Waals surface area contributed by atoms with Gasteiger partial charge in [0, 0.05) is 0 Å². The van der Waals surface area contributed by atoms with E-state index in [-0.39, 0.29) is 11.5 Å². The highest BCUT2D eigenvalue weighted by atomic mass is 32.2. The van der Waals surface area contributed by atoms with Gasteiger partial charge in [0.2, 0.25) is 0 Å².